The van der Waals surface area contributed by atoms with Gasteiger partial charge in [0, 0.05) is 37.6 Å². The van der Waals surface area contributed by atoms with Crippen molar-refractivity contribution in [2.75, 3.05) is 38.2 Å². The highest BCUT2D eigenvalue weighted by molar-refractivity contribution is 5.82. The number of likely N-dealkylation sites (tertiary alicyclic amines) is 1. The molecule has 3 saturated heterocycles. The molecule has 0 spiro atoms. The maximum absolute atomic E-state index is 11.3. The number of fused-ring (bicyclic) bond motifs is 3. The van der Waals surface area contributed by atoms with Crippen LogP contribution < -0.4 is 9.64 Å². The molecule has 10 heteroatoms. The van der Waals surface area contributed by atoms with Crippen molar-refractivity contribution in [2.24, 2.45) is 0 Å². The van der Waals surface area contributed by atoms with Gasteiger partial charge in [-0.25, -0.2) is 9.48 Å². The fourth-order valence-electron chi connectivity index (χ4n) is 5.77. The summed E-state index contributed by atoms with van der Waals surface area (Å²) in [6.45, 7) is 4.87. The number of rotatable bonds is 4. The van der Waals surface area contributed by atoms with Crippen molar-refractivity contribution in [3.8, 4) is 11.8 Å². The Morgan fingerprint density at radius 2 is 1.77 bits per heavy atom. The molecule has 0 aliphatic carbocycles. The van der Waals surface area contributed by atoms with Crippen molar-refractivity contribution in [1.82, 2.24) is 24.6 Å². The number of aromatic nitrogens is 4. The summed E-state index contributed by atoms with van der Waals surface area (Å²) in [7, 11) is 1.58. The predicted molar refractivity (Wildman–Crippen MR) is 130 cm³/mol. The number of nitrogens with zero attached hydrogens (tertiary/aromatic N) is 6. The van der Waals surface area contributed by atoms with E-state index in [1.807, 2.05) is 16.9 Å². The van der Waals surface area contributed by atoms with E-state index in [4.69, 9.17) is 9.47 Å². The molecule has 2 aromatic heterocycles. The van der Waals surface area contributed by atoms with E-state index in [2.05, 4.69) is 39.0 Å². The van der Waals surface area contributed by atoms with E-state index in [9.17, 15) is 9.90 Å². The average molecular weight is 479 g/mol. The molecule has 2 atom stereocenters. The van der Waals surface area contributed by atoms with Crippen LogP contribution in [0.1, 0.15) is 42.7 Å². The molecular weight excluding hydrogens is 448 g/mol. The molecule has 3 aliphatic heterocycles. The number of morpholine rings is 1. The van der Waals surface area contributed by atoms with Crippen LogP contribution in [-0.4, -0.2) is 81.3 Å². The zero-order valence-corrected chi connectivity index (χ0v) is 20.1. The lowest BCUT2D eigenvalue weighted by Crippen LogP contribution is -2.43. The number of methoxy groups -OCH3 is 1. The van der Waals surface area contributed by atoms with Crippen LogP contribution in [0, 0.1) is 6.92 Å². The molecule has 5 heterocycles. The zero-order chi connectivity index (χ0) is 24.1. The van der Waals surface area contributed by atoms with Gasteiger partial charge in [0.2, 0.25) is 0 Å². The molecule has 0 radical (unpaired) electrons. The van der Waals surface area contributed by atoms with E-state index < -0.39 is 6.09 Å². The molecular formula is C25H30N6O4. The Bertz CT molecular complexity index is 1260. The number of hydrogen-bond donors (Lipinski definition) is 1. The first-order valence-electron chi connectivity index (χ1n) is 12.3. The maximum Gasteiger partial charge on any atom is 0.407 e. The second-order valence-electron chi connectivity index (χ2n) is 9.80. The minimum Gasteiger partial charge on any atom is -0.467 e. The van der Waals surface area contributed by atoms with Crippen LogP contribution in [0.2, 0.25) is 0 Å². The highest BCUT2D eigenvalue weighted by atomic mass is 16.5. The van der Waals surface area contributed by atoms with Crippen molar-refractivity contribution in [3.05, 3.63) is 35.5 Å². The highest BCUT2D eigenvalue weighted by Crippen LogP contribution is 2.34. The summed E-state index contributed by atoms with van der Waals surface area (Å²) >= 11 is 0. The number of piperidine rings is 1. The summed E-state index contributed by atoms with van der Waals surface area (Å²) in [6.07, 6.45) is 5.35. The van der Waals surface area contributed by atoms with Crippen LogP contribution in [0.5, 0.6) is 6.01 Å². The van der Waals surface area contributed by atoms with Gasteiger partial charge in [0.1, 0.15) is 5.82 Å². The van der Waals surface area contributed by atoms with Gasteiger partial charge in [0.15, 0.2) is 5.82 Å². The largest absolute Gasteiger partial charge is 0.467 e. The smallest absolute Gasteiger partial charge is 0.407 e. The van der Waals surface area contributed by atoms with Crippen LogP contribution in [0.3, 0.4) is 0 Å². The molecule has 6 rings (SSSR count). The summed E-state index contributed by atoms with van der Waals surface area (Å²) in [5.74, 6) is 1.80. The average Bonchev–Trinajstić information content (AvgIpc) is 3.44. The maximum atomic E-state index is 11.3. The third-order valence-corrected chi connectivity index (χ3v) is 7.61. The van der Waals surface area contributed by atoms with Gasteiger partial charge in [-0.3, -0.25) is 0 Å². The molecule has 184 valence electrons. The zero-order valence-electron chi connectivity index (χ0n) is 20.1. The number of ether oxygens (including phenoxy) is 2. The van der Waals surface area contributed by atoms with Gasteiger partial charge in [0.05, 0.1) is 31.0 Å². The van der Waals surface area contributed by atoms with Crippen molar-refractivity contribution in [1.29, 1.82) is 0 Å². The van der Waals surface area contributed by atoms with Crippen molar-refractivity contribution in [3.63, 3.8) is 0 Å². The molecule has 35 heavy (non-hydrogen) atoms. The summed E-state index contributed by atoms with van der Waals surface area (Å²) in [6, 6.07) is 6.65. The van der Waals surface area contributed by atoms with Crippen LogP contribution in [-0.2, 0) is 4.74 Å². The topological polar surface area (TPSA) is 106 Å². The molecule has 3 aromatic rings. The number of carboxylic acid groups (broad SMARTS) is 1. The third-order valence-electron chi connectivity index (χ3n) is 7.61. The first-order chi connectivity index (χ1) is 17.0. The normalized spacial score (nSPS) is 22.7. The predicted octanol–water partition coefficient (Wildman–Crippen LogP) is 3.36. The van der Waals surface area contributed by atoms with Gasteiger partial charge in [-0.05, 0) is 61.8 Å². The lowest BCUT2D eigenvalue weighted by molar-refractivity contribution is 0.0302. The first kappa shape index (κ1) is 22.1. The summed E-state index contributed by atoms with van der Waals surface area (Å²) in [5.41, 5.74) is 3.42. The minimum atomic E-state index is -0.838. The van der Waals surface area contributed by atoms with E-state index >= 15 is 0 Å². The van der Waals surface area contributed by atoms with E-state index in [1.54, 1.807) is 7.11 Å². The fourth-order valence-corrected chi connectivity index (χ4v) is 5.77. The molecule has 3 aliphatic rings. The number of amides is 1. The Morgan fingerprint density at radius 3 is 2.46 bits per heavy atom. The number of anilines is 1. The van der Waals surface area contributed by atoms with Crippen molar-refractivity contribution in [2.45, 2.75) is 50.7 Å². The monoisotopic (exact) mass is 478 g/mol. The number of hydrogen-bond acceptors (Lipinski definition) is 7. The Hall–Kier alpha value is -3.40. The Balaban J connectivity index is 1.35. The van der Waals surface area contributed by atoms with Crippen molar-refractivity contribution < 1.29 is 19.4 Å². The SMILES string of the molecule is COc1nc(N2CC3CCC(C2)O3)cc(-n2ncc3cc(C)c(C4CCN(C(=O)O)CC4)cc32)n1. The number of benzene rings is 1. The molecule has 1 amide bonds. The Kier molecular flexibility index (Phi) is 5.47. The van der Waals surface area contributed by atoms with Crippen LogP contribution in [0.15, 0.2) is 24.4 Å². The number of aryl methyl sites for hydroxylation is 1. The molecule has 1 N–H and O–H groups in total. The fraction of sp³-hybridized carbons (Fsp3) is 0.520. The van der Waals surface area contributed by atoms with E-state index in [-0.39, 0.29) is 12.2 Å². The first-order valence-corrected chi connectivity index (χ1v) is 12.3. The molecule has 1 aromatic carbocycles. The highest BCUT2D eigenvalue weighted by Gasteiger charge is 2.34. The van der Waals surface area contributed by atoms with Crippen LogP contribution in [0.25, 0.3) is 16.7 Å². The van der Waals surface area contributed by atoms with E-state index in [0.29, 0.717) is 30.8 Å². The van der Waals surface area contributed by atoms with Gasteiger partial charge >= 0.3 is 12.1 Å². The Morgan fingerprint density at radius 1 is 1.06 bits per heavy atom. The van der Waals surface area contributed by atoms with Gasteiger partial charge < -0.3 is 24.4 Å². The summed E-state index contributed by atoms with van der Waals surface area (Å²) < 4.78 is 13.3. The standard InChI is InChI=1S/C25H30N6O4/c1-15-9-17-12-26-31(21(17)10-20(15)16-5-7-29(8-6-16)25(32)33)23-11-22(27-24(28-23)34-2)30-13-18-3-4-19(14-30)35-18/h9-12,16,18-19H,3-8,13-14H2,1-2H3,(H,32,33). The Labute approximate surface area is 203 Å². The third kappa shape index (κ3) is 4.05. The quantitative estimate of drug-likeness (QED) is 0.609. The summed E-state index contributed by atoms with van der Waals surface area (Å²) in [4.78, 5) is 24.3. The van der Waals surface area contributed by atoms with Gasteiger partial charge in [-0.1, -0.05) is 0 Å². The summed E-state index contributed by atoms with van der Waals surface area (Å²) in [5, 5.41) is 15.0. The molecule has 10 nitrogen and oxygen atoms in total. The lowest BCUT2D eigenvalue weighted by atomic mass is 9.86. The van der Waals surface area contributed by atoms with Crippen LogP contribution in [0.4, 0.5) is 10.6 Å². The van der Waals surface area contributed by atoms with Gasteiger partial charge in [-0.2, -0.15) is 15.1 Å². The molecule has 0 saturated carbocycles. The molecule has 2 unspecified atom stereocenters. The molecule has 2 bridgehead atoms. The van der Waals surface area contributed by atoms with Crippen molar-refractivity contribution >= 4 is 22.8 Å². The minimum absolute atomic E-state index is 0.252. The van der Waals surface area contributed by atoms with E-state index in [0.717, 1.165) is 55.5 Å². The van der Waals surface area contributed by atoms with Gasteiger partial charge in [-0.15, -0.1) is 0 Å². The van der Waals surface area contributed by atoms with Crippen LogP contribution >= 0.6 is 0 Å². The second-order valence-corrected chi connectivity index (χ2v) is 9.80. The molecule has 3 fully saturated rings. The van der Waals surface area contributed by atoms with Gasteiger partial charge in [0.25, 0.3) is 0 Å². The second kappa shape index (κ2) is 8.67. The number of carbonyl (C=O) groups is 1. The lowest BCUT2D eigenvalue weighted by Gasteiger charge is -2.33. The van der Waals surface area contributed by atoms with E-state index in [1.165, 1.54) is 16.0 Å².